The van der Waals surface area contributed by atoms with Crippen molar-refractivity contribution < 1.29 is 14.7 Å². The predicted octanol–water partition coefficient (Wildman–Crippen LogP) is 2.28. The maximum Gasteiger partial charge on any atom is 0.307 e. The summed E-state index contributed by atoms with van der Waals surface area (Å²) in [5, 5.41) is 9.25. The molecule has 2 rings (SSSR count). The van der Waals surface area contributed by atoms with Gasteiger partial charge in [-0.05, 0) is 32.1 Å². The molecule has 0 spiro atoms. The highest BCUT2D eigenvalue weighted by atomic mass is 16.4. The number of carboxylic acids is 1. The molecule has 1 aliphatic carbocycles. The van der Waals surface area contributed by atoms with Crippen LogP contribution in [0.2, 0.25) is 0 Å². The Balaban J connectivity index is 2.08. The van der Waals surface area contributed by atoms with Gasteiger partial charge < -0.3 is 10.0 Å². The Morgan fingerprint density at radius 3 is 2.39 bits per heavy atom. The molecule has 4 heteroatoms. The Morgan fingerprint density at radius 1 is 1.11 bits per heavy atom. The second-order valence-electron chi connectivity index (χ2n) is 5.57. The predicted molar refractivity (Wildman–Crippen MR) is 68.1 cm³/mol. The average molecular weight is 253 g/mol. The molecule has 1 aliphatic heterocycles. The first-order chi connectivity index (χ1) is 8.65. The molecule has 1 N–H and O–H groups in total. The van der Waals surface area contributed by atoms with Crippen molar-refractivity contribution in [3.63, 3.8) is 0 Å². The van der Waals surface area contributed by atoms with E-state index in [0.29, 0.717) is 12.5 Å². The molecule has 2 fully saturated rings. The van der Waals surface area contributed by atoms with Crippen molar-refractivity contribution in [3.05, 3.63) is 0 Å². The summed E-state index contributed by atoms with van der Waals surface area (Å²) in [6.45, 7) is 2.92. The van der Waals surface area contributed by atoms with Crippen LogP contribution >= 0.6 is 0 Å². The van der Waals surface area contributed by atoms with Crippen molar-refractivity contribution in [1.29, 1.82) is 0 Å². The lowest BCUT2D eigenvalue weighted by molar-refractivity contribution is -0.152. The zero-order chi connectivity index (χ0) is 13.1. The van der Waals surface area contributed by atoms with Crippen LogP contribution in [0.1, 0.15) is 51.9 Å². The van der Waals surface area contributed by atoms with E-state index >= 15 is 0 Å². The van der Waals surface area contributed by atoms with E-state index in [4.69, 9.17) is 0 Å². The monoisotopic (exact) mass is 253 g/mol. The van der Waals surface area contributed by atoms with Crippen LogP contribution in [0.3, 0.4) is 0 Å². The van der Waals surface area contributed by atoms with Gasteiger partial charge in [-0.3, -0.25) is 9.59 Å². The second kappa shape index (κ2) is 5.72. The topological polar surface area (TPSA) is 57.6 Å². The van der Waals surface area contributed by atoms with Gasteiger partial charge in [-0.25, -0.2) is 0 Å². The molecular formula is C14H23NO3. The van der Waals surface area contributed by atoms with Crippen LogP contribution in [0.25, 0.3) is 0 Å². The van der Waals surface area contributed by atoms with Crippen LogP contribution in [0.5, 0.6) is 0 Å². The lowest BCUT2D eigenvalue weighted by Gasteiger charge is -2.33. The van der Waals surface area contributed by atoms with Crippen molar-refractivity contribution in [1.82, 2.24) is 4.90 Å². The van der Waals surface area contributed by atoms with Gasteiger partial charge >= 0.3 is 5.97 Å². The summed E-state index contributed by atoms with van der Waals surface area (Å²) >= 11 is 0. The van der Waals surface area contributed by atoms with Gasteiger partial charge in [-0.2, -0.15) is 0 Å². The Kier molecular flexibility index (Phi) is 4.25. The molecule has 3 atom stereocenters. The molecule has 1 saturated heterocycles. The van der Waals surface area contributed by atoms with Crippen LogP contribution in [-0.4, -0.2) is 34.5 Å². The third kappa shape index (κ3) is 2.52. The summed E-state index contributed by atoms with van der Waals surface area (Å²) in [6.07, 6.45) is 6.47. The summed E-state index contributed by atoms with van der Waals surface area (Å²) in [4.78, 5) is 25.8. The molecule has 4 nitrogen and oxygen atoms in total. The fourth-order valence-electron chi connectivity index (χ4n) is 3.49. The minimum atomic E-state index is -0.791. The van der Waals surface area contributed by atoms with Gasteiger partial charge in [-0.15, -0.1) is 0 Å². The molecule has 0 aromatic heterocycles. The van der Waals surface area contributed by atoms with Crippen LogP contribution < -0.4 is 0 Å². The molecule has 1 amide bonds. The summed E-state index contributed by atoms with van der Waals surface area (Å²) < 4.78 is 0. The fourth-order valence-corrected chi connectivity index (χ4v) is 3.49. The quantitative estimate of drug-likeness (QED) is 0.839. The highest BCUT2D eigenvalue weighted by molar-refractivity contribution is 5.85. The Morgan fingerprint density at radius 2 is 1.78 bits per heavy atom. The summed E-state index contributed by atoms with van der Waals surface area (Å²) in [7, 11) is 0. The Bertz CT molecular complexity index is 329. The number of amides is 1. The molecule has 0 bridgehead atoms. The first-order valence-electron chi connectivity index (χ1n) is 7.18. The third-order valence-electron chi connectivity index (χ3n) is 4.53. The zero-order valence-corrected chi connectivity index (χ0v) is 11.1. The minimum absolute atomic E-state index is 0.103. The second-order valence-corrected chi connectivity index (χ2v) is 5.57. The van der Waals surface area contributed by atoms with Crippen molar-refractivity contribution in [2.45, 2.75) is 57.9 Å². The maximum absolute atomic E-state index is 12.5. The number of carbonyl (C=O) groups is 2. The summed E-state index contributed by atoms with van der Waals surface area (Å²) in [6, 6.07) is 0.342. The van der Waals surface area contributed by atoms with Crippen molar-refractivity contribution in [3.8, 4) is 0 Å². The number of likely N-dealkylation sites (tertiary alicyclic amines) is 1. The summed E-state index contributed by atoms with van der Waals surface area (Å²) in [5.74, 6) is -1.42. The number of carbonyl (C=O) groups excluding carboxylic acids is 1. The first kappa shape index (κ1) is 13.4. The van der Waals surface area contributed by atoms with E-state index in [2.05, 4.69) is 6.92 Å². The smallest absolute Gasteiger partial charge is 0.307 e. The van der Waals surface area contributed by atoms with Crippen molar-refractivity contribution in [2.24, 2.45) is 11.8 Å². The van der Waals surface area contributed by atoms with Gasteiger partial charge in [0.05, 0.1) is 11.8 Å². The molecule has 2 aliphatic rings. The fraction of sp³-hybridized carbons (Fsp3) is 0.857. The van der Waals surface area contributed by atoms with Crippen LogP contribution in [0.15, 0.2) is 0 Å². The average Bonchev–Trinajstić information content (AvgIpc) is 2.86. The first-order valence-corrected chi connectivity index (χ1v) is 7.18. The van der Waals surface area contributed by atoms with Gasteiger partial charge in [0, 0.05) is 12.6 Å². The molecule has 1 unspecified atom stereocenters. The number of hydrogen-bond donors (Lipinski definition) is 1. The van der Waals surface area contributed by atoms with Gasteiger partial charge in [0.25, 0.3) is 0 Å². The normalized spacial score (nSPS) is 32.5. The lowest BCUT2D eigenvalue weighted by atomic mass is 9.78. The van der Waals surface area contributed by atoms with Gasteiger partial charge in [0.15, 0.2) is 0 Å². The summed E-state index contributed by atoms with van der Waals surface area (Å²) in [5.41, 5.74) is 0. The van der Waals surface area contributed by atoms with Gasteiger partial charge in [-0.1, -0.05) is 19.8 Å². The highest BCUT2D eigenvalue weighted by Crippen LogP contribution is 2.34. The minimum Gasteiger partial charge on any atom is -0.481 e. The van der Waals surface area contributed by atoms with E-state index < -0.39 is 11.9 Å². The van der Waals surface area contributed by atoms with Crippen molar-refractivity contribution >= 4 is 11.9 Å². The molecule has 1 heterocycles. The van der Waals surface area contributed by atoms with Crippen molar-refractivity contribution in [2.75, 3.05) is 6.54 Å². The number of carboxylic acid groups (broad SMARTS) is 1. The number of rotatable bonds is 3. The third-order valence-corrected chi connectivity index (χ3v) is 4.53. The van der Waals surface area contributed by atoms with E-state index in [1.54, 1.807) is 0 Å². The Hall–Kier alpha value is -1.06. The zero-order valence-electron chi connectivity index (χ0n) is 11.1. The maximum atomic E-state index is 12.5. The number of hydrogen-bond acceptors (Lipinski definition) is 2. The van der Waals surface area contributed by atoms with E-state index in [1.807, 2.05) is 4.90 Å². The Labute approximate surface area is 108 Å². The largest absolute Gasteiger partial charge is 0.481 e. The van der Waals surface area contributed by atoms with Crippen LogP contribution in [0.4, 0.5) is 0 Å². The molecule has 18 heavy (non-hydrogen) atoms. The molecule has 1 saturated carbocycles. The van der Waals surface area contributed by atoms with E-state index in [1.165, 1.54) is 0 Å². The SMILES string of the molecule is CCC1CCCN1C(=O)[C@@H]1CCCC[C@@H]1C(=O)O. The number of nitrogens with zero attached hydrogens (tertiary/aromatic N) is 1. The van der Waals surface area contributed by atoms with Crippen LogP contribution in [0, 0.1) is 11.8 Å². The molecule has 102 valence electrons. The molecular weight excluding hydrogens is 230 g/mol. The van der Waals surface area contributed by atoms with Gasteiger partial charge in [0.1, 0.15) is 0 Å². The van der Waals surface area contributed by atoms with E-state index in [0.717, 1.165) is 45.1 Å². The van der Waals surface area contributed by atoms with Gasteiger partial charge in [0.2, 0.25) is 5.91 Å². The van der Waals surface area contributed by atoms with E-state index in [9.17, 15) is 14.7 Å². The molecule has 0 radical (unpaired) electrons. The molecule has 0 aromatic rings. The van der Waals surface area contributed by atoms with Crippen LogP contribution in [-0.2, 0) is 9.59 Å². The highest BCUT2D eigenvalue weighted by Gasteiger charge is 2.40. The number of aliphatic carboxylic acids is 1. The van der Waals surface area contributed by atoms with E-state index in [-0.39, 0.29) is 11.8 Å². The lowest BCUT2D eigenvalue weighted by Crippen LogP contribution is -2.44. The standard InChI is InChI=1S/C14H23NO3/c1-2-10-6-5-9-15(10)13(16)11-7-3-4-8-12(11)14(17)18/h10-12H,2-9H2,1H3,(H,17,18)/t10?,11-,12+/m1/s1. The molecule has 0 aromatic carbocycles.